The van der Waals surface area contributed by atoms with E-state index in [2.05, 4.69) is 10.1 Å². The number of esters is 1. The zero-order valence-electron chi connectivity index (χ0n) is 20.7. The summed E-state index contributed by atoms with van der Waals surface area (Å²) in [6.45, 7) is -0.943. The van der Waals surface area contributed by atoms with E-state index < -0.39 is 77.4 Å². The summed E-state index contributed by atoms with van der Waals surface area (Å²) in [5, 5.41) is 4.89. The second kappa shape index (κ2) is 12.8. The molecule has 1 aliphatic heterocycles. The number of ether oxygens (including phenoxy) is 1. The molecule has 8 nitrogen and oxygen atoms in total. The zero-order chi connectivity index (χ0) is 29.1. The van der Waals surface area contributed by atoms with Gasteiger partial charge in [0.1, 0.15) is 40.6 Å². The van der Waals surface area contributed by atoms with Crippen LogP contribution in [-0.4, -0.2) is 60.7 Å². The lowest BCUT2D eigenvalue weighted by Crippen LogP contribution is -2.49. The van der Waals surface area contributed by atoms with Crippen molar-refractivity contribution in [3.05, 3.63) is 68.1 Å². The molecule has 16 heteroatoms. The molecular weight excluding hydrogens is 603 g/mol. The topological polar surface area (TPSA) is 100 Å². The summed E-state index contributed by atoms with van der Waals surface area (Å²) in [4.78, 5) is 31.1. The van der Waals surface area contributed by atoms with E-state index in [1.807, 2.05) is 0 Å². The van der Waals surface area contributed by atoms with Gasteiger partial charge in [-0.3, -0.25) is 9.48 Å². The summed E-state index contributed by atoms with van der Waals surface area (Å²) in [6, 6.07) is 4.63. The van der Waals surface area contributed by atoms with Crippen molar-refractivity contribution in [2.75, 3.05) is 19.3 Å². The van der Waals surface area contributed by atoms with Gasteiger partial charge in [0.25, 0.3) is 12.9 Å². The molecule has 2 aromatic heterocycles. The Kier molecular flexibility index (Phi) is 9.69. The maximum Gasteiger partial charge on any atom is 0.358 e. The number of aromatic nitrogens is 3. The van der Waals surface area contributed by atoms with E-state index in [-0.39, 0.29) is 29.4 Å². The van der Waals surface area contributed by atoms with Gasteiger partial charge in [0.2, 0.25) is 5.91 Å². The molecule has 3 atom stereocenters. The van der Waals surface area contributed by atoms with Crippen molar-refractivity contribution in [1.82, 2.24) is 19.7 Å². The number of alkyl halides is 4. The highest BCUT2D eigenvalue weighted by Crippen LogP contribution is 2.35. The number of benzene rings is 1. The minimum atomic E-state index is -3.11. The second-order valence-corrected chi connectivity index (χ2v) is 11.8. The molecule has 1 aromatic carbocycles. The minimum Gasteiger partial charge on any atom is -0.616 e. The predicted molar refractivity (Wildman–Crippen MR) is 137 cm³/mol. The van der Waals surface area contributed by atoms with Gasteiger partial charge in [-0.25, -0.2) is 31.7 Å². The van der Waals surface area contributed by atoms with Crippen LogP contribution in [0.4, 0.5) is 22.0 Å². The first kappa shape index (κ1) is 30.2. The molecule has 0 bridgehead atoms. The average Bonchev–Trinajstić information content (AvgIpc) is 3.56. The Labute approximate surface area is 237 Å². The summed E-state index contributed by atoms with van der Waals surface area (Å²) >= 11 is 5.64. The Morgan fingerprint density at radius 2 is 2.02 bits per heavy atom. The second-order valence-electron chi connectivity index (χ2n) is 8.87. The van der Waals surface area contributed by atoms with Gasteiger partial charge in [-0.15, -0.1) is 11.3 Å². The van der Waals surface area contributed by atoms with Crippen LogP contribution in [0.3, 0.4) is 0 Å². The summed E-state index contributed by atoms with van der Waals surface area (Å²) in [7, 11) is 0. The summed E-state index contributed by atoms with van der Waals surface area (Å²) in [5.74, 6) is -2.47. The number of rotatable bonds is 9. The summed E-state index contributed by atoms with van der Waals surface area (Å²) in [5.41, 5.74) is -1.66. The number of hydrogen-bond acceptors (Lipinski definition) is 7. The zero-order valence-corrected chi connectivity index (χ0v) is 23.1. The van der Waals surface area contributed by atoms with E-state index >= 15 is 0 Å². The highest BCUT2D eigenvalue weighted by molar-refractivity contribution is 7.91. The Bertz CT molecular complexity index is 1350. The standard InChI is InChI=1S/C24H22ClF5N4O4S2/c1-40(37)19-8-33(20(35)9-34-18(22(29)30)7-16(32-34)21(27)28)6-5-12(19)23-31-17(11-39-23)24(36)38-10-13-14(25)3-2-4-15(13)26/h2-4,7,11-12,19,21-22H,5-6,8-10H2,1H3. The third-order valence-electron chi connectivity index (χ3n) is 6.36. The lowest BCUT2D eigenvalue weighted by molar-refractivity contribution is -0.133. The largest absolute Gasteiger partial charge is 0.616 e. The van der Waals surface area contributed by atoms with Crippen LogP contribution in [0.1, 0.15) is 57.6 Å². The summed E-state index contributed by atoms with van der Waals surface area (Å²) in [6.07, 6.45) is -4.44. The van der Waals surface area contributed by atoms with Crippen LogP contribution in [0.2, 0.25) is 5.02 Å². The monoisotopic (exact) mass is 624 g/mol. The SMILES string of the molecule is C[S+]([O-])C1CN(C(=O)Cn2nc(C(F)F)cc2C(F)F)CCC1c1nc(C(=O)OCc2c(F)cccc2Cl)cs1. The van der Waals surface area contributed by atoms with E-state index in [9.17, 15) is 36.1 Å². The molecule has 0 spiro atoms. The van der Waals surface area contributed by atoms with Crippen LogP contribution < -0.4 is 0 Å². The first-order chi connectivity index (χ1) is 19.0. The van der Waals surface area contributed by atoms with Gasteiger partial charge in [-0.2, -0.15) is 5.10 Å². The number of piperidine rings is 1. The maximum atomic E-state index is 14.0. The van der Waals surface area contributed by atoms with Crippen LogP contribution in [0, 0.1) is 5.82 Å². The van der Waals surface area contributed by atoms with Gasteiger partial charge < -0.3 is 14.2 Å². The van der Waals surface area contributed by atoms with Crippen LogP contribution >= 0.6 is 22.9 Å². The van der Waals surface area contributed by atoms with Gasteiger partial charge in [0.05, 0.1) is 23.7 Å². The van der Waals surface area contributed by atoms with Crippen LogP contribution in [-0.2, 0) is 33.9 Å². The van der Waals surface area contributed by atoms with E-state index in [4.69, 9.17) is 16.3 Å². The molecule has 0 aliphatic carbocycles. The highest BCUT2D eigenvalue weighted by atomic mass is 35.5. The van der Waals surface area contributed by atoms with Gasteiger partial charge in [0.15, 0.2) is 5.69 Å². The number of halogens is 6. The first-order valence-electron chi connectivity index (χ1n) is 11.8. The average molecular weight is 625 g/mol. The fraction of sp³-hybridized carbons (Fsp3) is 0.417. The number of amides is 1. The molecular formula is C24H22ClF5N4O4S2. The Hall–Kier alpha value is -2.75. The first-order valence-corrected chi connectivity index (χ1v) is 14.6. The highest BCUT2D eigenvalue weighted by Gasteiger charge is 2.40. The number of likely N-dealkylation sites (tertiary alicyclic amines) is 1. The van der Waals surface area contributed by atoms with Crippen molar-refractivity contribution < 1.29 is 40.8 Å². The van der Waals surface area contributed by atoms with E-state index in [1.54, 1.807) is 0 Å². The maximum absolute atomic E-state index is 14.0. The molecule has 0 radical (unpaired) electrons. The van der Waals surface area contributed by atoms with E-state index in [0.717, 1.165) is 11.3 Å². The Morgan fingerprint density at radius 1 is 1.27 bits per heavy atom. The number of thiazole rings is 1. The molecule has 216 valence electrons. The molecule has 4 rings (SSSR count). The van der Waals surface area contributed by atoms with Crippen molar-refractivity contribution in [2.24, 2.45) is 0 Å². The van der Waals surface area contributed by atoms with Crippen molar-refractivity contribution in [2.45, 2.75) is 43.6 Å². The van der Waals surface area contributed by atoms with Gasteiger partial charge in [-0.1, -0.05) is 28.8 Å². The third kappa shape index (κ3) is 6.75. The number of hydrogen-bond donors (Lipinski definition) is 0. The van der Waals surface area contributed by atoms with Crippen LogP contribution in [0.15, 0.2) is 29.6 Å². The number of carbonyl (C=O) groups excluding carboxylic acids is 2. The van der Waals surface area contributed by atoms with E-state index in [0.29, 0.717) is 22.2 Å². The molecule has 3 unspecified atom stereocenters. The fourth-order valence-electron chi connectivity index (χ4n) is 4.28. The molecule has 3 aromatic rings. The smallest absolute Gasteiger partial charge is 0.358 e. The Morgan fingerprint density at radius 3 is 2.67 bits per heavy atom. The molecule has 0 N–H and O–H groups in total. The van der Waals surface area contributed by atoms with Crippen LogP contribution in [0.5, 0.6) is 0 Å². The summed E-state index contributed by atoms with van der Waals surface area (Å²) < 4.78 is 84.8. The molecule has 3 heterocycles. The van der Waals surface area contributed by atoms with Gasteiger partial charge >= 0.3 is 5.97 Å². The van der Waals surface area contributed by atoms with Crippen molar-refractivity contribution in [3.8, 4) is 0 Å². The normalized spacial score (nSPS) is 18.4. The number of nitrogens with zero attached hydrogens (tertiary/aromatic N) is 4. The molecule has 1 saturated heterocycles. The van der Waals surface area contributed by atoms with Crippen molar-refractivity contribution in [1.29, 1.82) is 0 Å². The fourth-order valence-corrected chi connectivity index (χ4v) is 6.69. The lowest BCUT2D eigenvalue weighted by Gasteiger charge is -2.37. The van der Waals surface area contributed by atoms with Crippen LogP contribution in [0.25, 0.3) is 0 Å². The molecule has 1 fully saturated rings. The third-order valence-corrected chi connectivity index (χ3v) is 9.02. The van der Waals surface area contributed by atoms with Gasteiger partial charge in [-0.05, 0) is 24.6 Å². The van der Waals surface area contributed by atoms with Gasteiger partial charge in [0, 0.05) is 17.5 Å². The molecule has 1 aliphatic rings. The van der Waals surface area contributed by atoms with E-state index in [1.165, 1.54) is 34.7 Å². The van der Waals surface area contributed by atoms with Crippen molar-refractivity contribution >= 4 is 46.0 Å². The molecule has 40 heavy (non-hydrogen) atoms. The molecule has 1 amide bonds. The van der Waals surface area contributed by atoms with Crippen molar-refractivity contribution in [3.63, 3.8) is 0 Å². The number of carbonyl (C=O) groups is 2. The molecule has 0 saturated carbocycles. The minimum absolute atomic E-state index is 0.00919. The lowest BCUT2D eigenvalue weighted by atomic mass is 9.96. The quantitative estimate of drug-likeness (QED) is 0.186. The Balaban J connectivity index is 1.42. The predicted octanol–water partition coefficient (Wildman–Crippen LogP) is 5.13.